The highest BCUT2D eigenvalue weighted by Crippen LogP contribution is 2.21. The van der Waals surface area contributed by atoms with Crippen molar-refractivity contribution in [3.05, 3.63) is 0 Å². The van der Waals surface area contributed by atoms with Crippen LogP contribution in [0.5, 0.6) is 0 Å². The third-order valence-corrected chi connectivity index (χ3v) is 2.63. The molecule has 2 amide bonds. The number of rotatable bonds is 5. The zero-order chi connectivity index (χ0) is 13.0. The van der Waals surface area contributed by atoms with E-state index >= 15 is 0 Å². The van der Waals surface area contributed by atoms with Gasteiger partial charge in [0.15, 0.2) is 12.2 Å². The number of nitrogens with two attached hydrogens (primary N) is 1. The Kier molecular flexibility index (Phi) is 4.95. The topological polar surface area (TPSA) is 81.9 Å². The Bertz CT molecular complexity index is 298. The third-order valence-electron chi connectivity index (χ3n) is 2.63. The van der Waals surface area contributed by atoms with Crippen LogP contribution in [0.2, 0.25) is 6.32 Å². The van der Waals surface area contributed by atoms with Gasteiger partial charge < -0.3 is 19.9 Å². The van der Waals surface area contributed by atoms with Gasteiger partial charge in [-0.3, -0.25) is 9.59 Å². The molecule has 0 aromatic heterocycles. The Labute approximate surface area is 102 Å². The quantitative estimate of drug-likeness (QED) is 0.667. The lowest BCUT2D eigenvalue weighted by atomic mass is 9.83. The molecule has 0 aromatic rings. The second kappa shape index (κ2) is 6.02. The molecule has 2 N–H and O–H groups in total. The minimum Gasteiger partial charge on any atom is -0.397 e. The molecule has 1 rings (SSSR count). The minimum atomic E-state index is -0.980. The van der Waals surface area contributed by atoms with Crippen molar-refractivity contribution in [2.24, 2.45) is 5.73 Å². The van der Waals surface area contributed by atoms with Gasteiger partial charge in [-0.15, -0.1) is 0 Å². The summed E-state index contributed by atoms with van der Waals surface area (Å²) in [6.07, 6.45) is 0.684. The predicted molar refractivity (Wildman–Crippen MR) is 63.1 cm³/mol. The fourth-order valence-corrected chi connectivity index (χ4v) is 1.67. The van der Waals surface area contributed by atoms with Gasteiger partial charge in [0.2, 0.25) is 5.91 Å². The molecule has 0 radical (unpaired) electrons. The van der Waals surface area contributed by atoms with Crippen LogP contribution in [0.15, 0.2) is 0 Å². The number of nitrogens with zero attached hydrogens (tertiary/aromatic N) is 1. The fourth-order valence-electron chi connectivity index (χ4n) is 1.67. The van der Waals surface area contributed by atoms with Crippen molar-refractivity contribution in [2.45, 2.75) is 38.3 Å². The smallest absolute Gasteiger partial charge is 0.397 e. The molecule has 0 aromatic carbocycles. The zero-order valence-corrected chi connectivity index (χ0v) is 10.5. The Morgan fingerprint density at radius 3 is 2.35 bits per heavy atom. The standard InChI is InChI=1S/C10H19BN2O4/c1-4-5-6-11-16-7(9(12)14)8(17-11)10(15)13(2)3/h7-8H,4-6H2,1-3H3,(H2,12,14)/t7-,8-/m0/s1. The van der Waals surface area contributed by atoms with Gasteiger partial charge in [-0.05, 0) is 6.32 Å². The summed E-state index contributed by atoms with van der Waals surface area (Å²) in [5, 5.41) is 0. The van der Waals surface area contributed by atoms with Crippen molar-refractivity contribution in [1.82, 2.24) is 4.90 Å². The normalized spacial score (nSPS) is 23.8. The summed E-state index contributed by atoms with van der Waals surface area (Å²) in [5.74, 6) is -0.961. The molecule has 17 heavy (non-hydrogen) atoms. The maximum absolute atomic E-state index is 11.8. The molecule has 1 fully saturated rings. The van der Waals surface area contributed by atoms with E-state index in [0.717, 1.165) is 12.8 Å². The van der Waals surface area contributed by atoms with Crippen LogP contribution in [0.25, 0.3) is 0 Å². The van der Waals surface area contributed by atoms with Crippen molar-refractivity contribution < 1.29 is 18.9 Å². The number of likely N-dealkylation sites (N-methyl/N-ethyl adjacent to an activating group) is 1. The van der Waals surface area contributed by atoms with Crippen LogP contribution in [0, 0.1) is 0 Å². The lowest BCUT2D eigenvalue weighted by Crippen LogP contribution is -2.45. The Balaban J connectivity index is 2.67. The molecule has 0 spiro atoms. The van der Waals surface area contributed by atoms with Crippen LogP contribution < -0.4 is 5.73 Å². The van der Waals surface area contributed by atoms with Gasteiger partial charge in [0, 0.05) is 14.1 Å². The van der Waals surface area contributed by atoms with Gasteiger partial charge in [0.25, 0.3) is 5.91 Å². The molecule has 6 nitrogen and oxygen atoms in total. The van der Waals surface area contributed by atoms with Crippen LogP contribution >= 0.6 is 0 Å². The van der Waals surface area contributed by atoms with Gasteiger partial charge in [-0.1, -0.05) is 19.8 Å². The molecule has 0 bridgehead atoms. The molecular weight excluding hydrogens is 223 g/mol. The summed E-state index contributed by atoms with van der Waals surface area (Å²) in [6, 6.07) is 0. The van der Waals surface area contributed by atoms with Gasteiger partial charge in [0.1, 0.15) is 0 Å². The van der Waals surface area contributed by atoms with Crippen LogP contribution in [0.1, 0.15) is 19.8 Å². The molecule has 0 saturated carbocycles. The lowest BCUT2D eigenvalue weighted by Gasteiger charge is -2.18. The highest BCUT2D eigenvalue weighted by molar-refractivity contribution is 6.46. The Morgan fingerprint density at radius 1 is 1.29 bits per heavy atom. The summed E-state index contributed by atoms with van der Waals surface area (Å²) in [4.78, 5) is 24.4. The monoisotopic (exact) mass is 242 g/mol. The molecule has 7 heteroatoms. The first kappa shape index (κ1) is 14.0. The van der Waals surface area contributed by atoms with Crippen molar-refractivity contribution in [2.75, 3.05) is 14.1 Å². The van der Waals surface area contributed by atoms with E-state index < -0.39 is 25.2 Å². The van der Waals surface area contributed by atoms with E-state index in [-0.39, 0.29) is 5.91 Å². The summed E-state index contributed by atoms with van der Waals surface area (Å²) in [5.41, 5.74) is 5.20. The van der Waals surface area contributed by atoms with Crippen LogP contribution in [-0.4, -0.2) is 50.1 Å². The second-order valence-corrected chi connectivity index (χ2v) is 4.32. The van der Waals surface area contributed by atoms with E-state index in [1.54, 1.807) is 14.1 Å². The van der Waals surface area contributed by atoms with Gasteiger partial charge in [0.05, 0.1) is 0 Å². The maximum Gasteiger partial charge on any atom is 0.458 e. The van der Waals surface area contributed by atoms with Gasteiger partial charge >= 0.3 is 7.12 Å². The lowest BCUT2D eigenvalue weighted by molar-refractivity contribution is -0.141. The van der Waals surface area contributed by atoms with E-state index in [0.29, 0.717) is 6.32 Å². The predicted octanol–water partition coefficient (Wildman–Crippen LogP) is -0.368. The minimum absolute atomic E-state index is 0.298. The molecule has 0 aliphatic carbocycles. The molecule has 1 heterocycles. The molecule has 2 atom stereocenters. The number of carbonyl (C=O) groups is 2. The molecule has 0 unspecified atom stereocenters. The van der Waals surface area contributed by atoms with Crippen molar-refractivity contribution in [3.8, 4) is 0 Å². The molecule has 1 saturated heterocycles. The van der Waals surface area contributed by atoms with Crippen molar-refractivity contribution in [1.29, 1.82) is 0 Å². The van der Waals surface area contributed by atoms with Crippen LogP contribution in [-0.2, 0) is 18.9 Å². The number of amides is 2. The first-order valence-corrected chi connectivity index (χ1v) is 5.78. The summed E-state index contributed by atoms with van der Waals surface area (Å²) < 4.78 is 10.8. The summed E-state index contributed by atoms with van der Waals surface area (Å²) >= 11 is 0. The second-order valence-electron chi connectivity index (χ2n) is 4.32. The average molecular weight is 242 g/mol. The number of primary amides is 1. The van der Waals surface area contributed by atoms with Crippen LogP contribution in [0.4, 0.5) is 0 Å². The maximum atomic E-state index is 11.8. The largest absolute Gasteiger partial charge is 0.458 e. The molecular formula is C10H19BN2O4. The third kappa shape index (κ3) is 3.44. The Morgan fingerprint density at radius 2 is 1.88 bits per heavy atom. The number of hydrogen-bond acceptors (Lipinski definition) is 4. The highest BCUT2D eigenvalue weighted by Gasteiger charge is 2.46. The SMILES string of the molecule is CCCCB1O[C@H](C(N)=O)[C@@H](C(=O)N(C)C)O1. The molecule has 1 aliphatic heterocycles. The average Bonchev–Trinajstić information content (AvgIpc) is 2.69. The highest BCUT2D eigenvalue weighted by atomic mass is 16.7. The van der Waals surface area contributed by atoms with Crippen molar-refractivity contribution >= 4 is 18.9 Å². The Hall–Kier alpha value is -1.08. The van der Waals surface area contributed by atoms with E-state index in [1.807, 2.05) is 6.92 Å². The molecule has 96 valence electrons. The fraction of sp³-hybridized carbons (Fsp3) is 0.800. The van der Waals surface area contributed by atoms with E-state index in [1.165, 1.54) is 4.90 Å². The summed E-state index contributed by atoms with van der Waals surface area (Å²) in [7, 11) is 2.69. The van der Waals surface area contributed by atoms with Crippen LogP contribution in [0.3, 0.4) is 0 Å². The van der Waals surface area contributed by atoms with Gasteiger partial charge in [-0.25, -0.2) is 0 Å². The van der Waals surface area contributed by atoms with Crippen molar-refractivity contribution in [3.63, 3.8) is 0 Å². The van der Waals surface area contributed by atoms with E-state index in [2.05, 4.69) is 0 Å². The number of unbranched alkanes of at least 4 members (excludes halogenated alkanes) is 1. The van der Waals surface area contributed by atoms with E-state index in [4.69, 9.17) is 15.0 Å². The number of carbonyl (C=O) groups excluding carboxylic acids is 2. The first-order valence-electron chi connectivity index (χ1n) is 5.78. The zero-order valence-electron chi connectivity index (χ0n) is 10.5. The summed E-state index contributed by atoms with van der Waals surface area (Å²) in [6.45, 7) is 2.04. The molecule has 1 aliphatic rings. The van der Waals surface area contributed by atoms with Gasteiger partial charge in [-0.2, -0.15) is 0 Å². The first-order chi connectivity index (χ1) is 7.97. The number of hydrogen-bond donors (Lipinski definition) is 1. The van der Waals surface area contributed by atoms with E-state index in [9.17, 15) is 9.59 Å².